The van der Waals surface area contributed by atoms with Gasteiger partial charge in [0.2, 0.25) is 10.0 Å². The summed E-state index contributed by atoms with van der Waals surface area (Å²) in [5, 5.41) is 0. The molecule has 1 heterocycles. The molecule has 0 aromatic rings. The van der Waals surface area contributed by atoms with E-state index in [1.807, 2.05) is 14.1 Å². The zero-order valence-corrected chi connectivity index (χ0v) is 11.7. The van der Waals surface area contributed by atoms with E-state index in [1.54, 1.807) is 4.31 Å². The van der Waals surface area contributed by atoms with E-state index >= 15 is 0 Å². The van der Waals surface area contributed by atoms with Gasteiger partial charge in [-0.2, -0.15) is 4.31 Å². The van der Waals surface area contributed by atoms with Crippen LogP contribution in [0.1, 0.15) is 25.7 Å². The Morgan fingerprint density at radius 3 is 2.65 bits per heavy atom. The van der Waals surface area contributed by atoms with Crippen molar-refractivity contribution in [2.45, 2.75) is 31.7 Å². The molecule has 2 N–H and O–H groups in total. The van der Waals surface area contributed by atoms with Gasteiger partial charge in [-0.25, -0.2) is 8.42 Å². The van der Waals surface area contributed by atoms with Crippen LogP contribution in [0.3, 0.4) is 0 Å². The number of likely N-dealkylation sites (N-methyl/N-ethyl adjacent to an activating group) is 1. The second-order valence-electron chi connectivity index (χ2n) is 4.98. The molecule has 1 aliphatic heterocycles. The standard InChI is InChI=1S/C11H25N3O2S/c1-13(2)10-11-6-5-8-14(11)17(15,16)9-4-3-7-12/h11H,3-10,12H2,1-2H3. The van der Waals surface area contributed by atoms with Crippen LogP contribution in [0.2, 0.25) is 0 Å². The number of hydrogen-bond donors (Lipinski definition) is 1. The van der Waals surface area contributed by atoms with Crippen molar-refractivity contribution in [1.29, 1.82) is 0 Å². The van der Waals surface area contributed by atoms with Gasteiger partial charge < -0.3 is 10.6 Å². The molecule has 102 valence electrons. The lowest BCUT2D eigenvalue weighted by molar-refractivity contribution is 0.291. The zero-order valence-electron chi connectivity index (χ0n) is 10.9. The van der Waals surface area contributed by atoms with E-state index in [2.05, 4.69) is 4.90 Å². The third-order valence-electron chi connectivity index (χ3n) is 3.11. The lowest BCUT2D eigenvalue weighted by Gasteiger charge is -2.26. The minimum absolute atomic E-state index is 0.160. The Bertz CT molecular complexity index is 317. The molecule has 0 aliphatic carbocycles. The number of nitrogens with zero attached hydrogens (tertiary/aromatic N) is 2. The van der Waals surface area contributed by atoms with E-state index in [1.165, 1.54) is 0 Å². The second kappa shape index (κ2) is 6.68. The van der Waals surface area contributed by atoms with Crippen LogP contribution in [-0.4, -0.2) is 63.1 Å². The molecule has 1 aliphatic rings. The molecule has 1 atom stereocenters. The van der Waals surface area contributed by atoms with E-state index in [0.717, 1.165) is 25.8 Å². The van der Waals surface area contributed by atoms with Crippen LogP contribution in [-0.2, 0) is 10.0 Å². The summed E-state index contributed by atoms with van der Waals surface area (Å²) in [5.41, 5.74) is 5.39. The minimum atomic E-state index is -3.08. The summed E-state index contributed by atoms with van der Waals surface area (Å²) in [6.07, 6.45) is 3.42. The van der Waals surface area contributed by atoms with Crippen molar-refractivity contribution in [2.75, 3.05) is 39.5 Å². The lowest BCUT2D eigenvalue weighted by Crippen LogP contribution is -2.42. The molecule has 0 radical (unpaired) electrons. The highest BCUT2D eigenvalue weighted by Gasteiger charge is 2.33. The molecule has 17 heavy (non-hydrogen) atoms. The molecule has 0 aromatic carbocycles. The van der Waals surface area contributed by atoms with E-state index in [-0.39, 0.29) is 11.8 Å². The first-order chi connectivity index (χ1) is 7.97. The second-order valence-corrected chi connectivity index (χ2v) is 7.02. The van der Waals surface area contributed by atoms with Crippen molar-refractivity contribution in [2.24, 2.45) is 5.73 Å². The molecule has 1 saturated heterocycles. The van der Waals surface area contributed by atoms with Crippen LogP contribution < -0.4 is 5.73 Å². The summed E-state index contributed by atoms with van der Waals surface area (Å²) in [6, 6.07) is 0.160. The van der Waals surface area contributed by atoms with Crippen LogP contribution >= 0.6 is 0 Å². The Hall–Kier alpha value is -0.170. The fraction of sp³-hybridized carbons (Fsp3) is 1.00. The van der Waals surface area contributed by atoms with E-state index in [4.69, 9.17) is 5.73 Å². The topological polar surface area (TPSA) is 66.6 Å². The monoisotopic (exact) mass is 263 g/mol. The van der Waals surface area contributed by atoms with Crippen LogP contribution in [0.25, 0.3) is 0 Å². The Balaban J connectivity index is 2.56. The van der Waals surface area contributed by atoms with Crippen molar-refractivity contribution in [3.63, 3.8) is 0 Å². The SMILES string of the molecule is CN(C)CC1CCCN1S(=O)(=O)CCCCN. The van der Waals surface area contributed by atoms with Gasteiger partial charge in [0, 0.05) is 19.1 Å². The van der Waals surface area contributed by atoms with Crippen molar-refractivity contribution in [3.05, 3.63) is 0 Å². The molecular formula is C11H25N3O2S. The van der Waals surface area contributed by atoms with Gasteiger partial charge in [0.15, 0.2) is 0 Å². The summed E-state index contributed by atoms with van der Waals surface area (Å²) in [5.74, 6) is 0.244. The predicted octanol–water partition coefficient (Wildman–Crippen LogP) is 0.0811. The van der Waals surface area contributed by atoms with Gasteiger partial charge in [0.05, 0.1) is 5.75 Å². The molecule has 5 nitrogen and oxygen atoms in total. The largest absolute Gasteiger partial charge is 0.330 e. The molecule has 1 unspecified atom stereocenters. The van der Waals surface area contributed by atoms with Gasteiger partial charge in [-0.15, -0.1) is 0 Å². The molecule has 1 fully saturated rings. The smallest absolute Gasteiger partial charge is 0.214 e. The fourth-order valence-electron chi connectivity index (χ4n) is 2.33. The molecule has 0 amide bonds. The fourth-order valence-corrected chi connectivity index (χ4v) is 4.16. The minimum Gasteiger partial charge on any atom is -0.330 e. The Morgan fingerprint density at radius 2 is 2.06 bits per heavy atom. The van der Waals surface area contributed by atoms with Gasteiger partial charge in [-0.3, -0.25) is 0 Å². The van der Waals surface area contributed by atoms with Crippen molar-refractivity contribution in [3.8, 4) is 0 Å². The first kappa shape index (κ1) is 14.9. The summed E-state index contributed by atoms with van der Waals surface area (Å²) < 4.78 is 26.0. The highest BCUT2D eigenvalue weighted by Crippen LogP contribution is 2.22. The summed E-state index contributed by atoms with van der Waals surface area (Å²) >= 11 is 0. The van der Waals surface area contributed by atoms with Gasteiger partial charge in [-0.05, 0) is 46.3 Å². The highest BCUT2D eigenvalue weighted by molar-refractivity contribution is 7.89. The predicted molar refractivity (Wildman–Crippen MR) is 70.4 cm³/mol. The maximum atomic E-state index is 12.2. The number of unbranched alkanes of at least 4 members (excludes halogenated alkanes) is 1. The molecule has 0 saturated carbocycles. The van der Waals surface area contributed by atoms with Crippen molar-refractivity contribution >= 4 is 10.0 Å². The van der Waals surface area contributed by atoms with Crippen molar-refractivity contribution < 1.29 is 8.42 Å². The molecular weight excluding hydrogens is 238 g/mol. The number of rotatable bonds is 7. The third-order valence-corrected chi connectivity index (χ3v) is 5.11. The van der Waals surface area contributed by atoms with Crippen LogP contribution in [0.15, 0.2) is 0 Å². The number of sulfonamides is 1. The quantitative estimate of drug-likeness (QED) is 0.661. The molecule has 6 heteroatoms. The summed E-state index contributed by atoms with van der Waals surface area (Å²) in [7, 11) is 0.891. The van der Waals surface area contributed by atoms with Gasteiger partial charge in [0.25, 0.3) is 0 Å². The lowest BCUT2D eigenvalue weighted by atomic mass is 10.2. The van der Waals surface area contributed by atoms with E-state index in [0.29, 0.717) is 19.5 Å². The Morgan fingerprint density at radius 1 is 1.35 bits per heavy atom. The van der Waals surface area contributed by atoms with Gasteiger partial charge in [-0.1, -0.05) is 0 Å². The molecule has 0 aromatic heterocycles. The average Bonchev–Trinajstić information content (AvgIpc) is 2.65. The molecule has 0 spiro atoms. The summed E-state index contributed by atoms with van der Waals surface area (Å²) in [4.78, 5) is 2.05. The average molecular weight is 263 g/mol. The first-order valence-electron chi connectivity index (χ1n) is 6.31. The third kappa shape index (κ3) is 4.54. The Labute approximate surface area is 105 Å². The number of nitrogens with two attached hydrogens (primary N) is 1. The van der Waals surface area contributed by atoms with E-state index in [9.17, 15) is 8.42 Å². The molecule has 0 bridgehead atoms. The first-order valence-corrected chi connectivity index (χ1v) is 7.92. The maximum Gasteiger partial charge on any atom is 0.214 e. The normalized spacial score (nSPS) is 22.5. The zero-order chi connectivity index (χ0) is 12.9. The maximum absolute atomic E-state index is 12.2. The van der Waals surface area contributed by atoms with Crippen LogP contribution in [0.4, 0.5) is 0 Å². The Kier molecular flexibility index (Phi) is 5.85. The van der Waals surface area contributed by atoms with E-state index < -0.39 is 10.0 Å². The van der Waals surface area contributed by atoms with Gasteiger partial charge in [0.1, 0.15) is 0 Å². The number of hydrogen-bond acceptors (Lipinski definition) is 4. The summed E-state index contributed by atoms with van der Waals surface area (Å²) in [6.45, 7) is 2.07. The van der Waals surface area contributed by atoms with Crippen LogP contribution in [0, 0.1) is 0 Å². The van der Waals surface area contributed by atoms with Crippen LogP contribution in [0.5, 0.6) is 0 Å². The highest BCUT2D eigenvalue weighted by atomic mass is 32.2. The van der Waals surface area contributed by atoms with Gasteiger partial charge >= 0.3 is 0 Å². The van der Waals surface area contributed by atoms with Crippen molar-refractivity contribution in [1.82, 2.24) is 9.21 Å². The molecule has 1 rings (SSSR count).